The molecule has 182 valence electrons. The van der Waals surface area contributed by atoms with Crippen molar-refractivity contribution in [2.45, 2.75) is 76.9 Å². The molecule has 3 rings (SSSR count). The van der Waals surface area contributed by atoms with Gasteiger partial charge >= 0.3 is 5.97 Å². The fraction of sp³-hybridized carbons (Fsp3) is 0.607. The van der Waals surface area contributed by atoms with E-state index < -0.39 is 12.1 Å². The van der Waals surface area contributed by atoms with Crippen molar-refractivity contribution in [3.05, 3.63) is 60.0 Å². The number of carboxylic acid groups (broad SMARTS) is 1. The highest BCUT2D eigenvalue weighted by Gasteiger charge is 2.58. The number of rotatable bonds is 12. The SMILES string of the molecule is CC(C)CC(C)[C@@H](O)/C=C/[C@@H]1[C@@H]2C[C@@](c3ccc(F)cc3)(CO2)[C@H]1C/C=C\CCCC(=O)O. The average molecular weight is 459 g/mol. The van der Waals surface area contributed by atoms with Gasteiger partial charge in [0.05, 0.1) is 18.8 Å². The Kier molecular flexibility index (Phi) is 8.88. The van der Waals surface area contributed by atoms with E-state index in [1.54, 1.807) is 0 Å². The number of aliphatic hydroxyl groups is 1. The Labute approximate surface area is 197 Å². The van der Waals surface area contributed by atoms with Crippen LogP contribution in [0.25, 0.3) is 0 Å². The number of fused-ring (bicyclic) bond motifs is 2. The zero-order valence-corrected chi connectivity index (χ0v) is 20.1. The molecule has 2 N–H and O–H groups in total. The summed E-state index contributed by atoms with van der Waals surface area (Å²) in [5.41, 5.74) is 0.938. The maximum Gasteiger partial charge on any atom is 0.303 e. The summed E-state index contributed by atoms with van der Waals surface area (Å²) in [7, 11) is 0. The molecular formula is C28H39FO4. The Morgan fingerprint density at radius 2 is 1.97 bits per heavy atom. The minimum absolute atomic E-state index is 0.0873. The van der Waals surface area contributed by atoms with Gasteiger partial charge in [-0.25, -0.2) is 4.39 Å². The van der Waals surface area contributed by atoms with E-state index in [1.165, 1.54) is 12.1 Å². The zero-order valence-electron chi connectivity index (χ0n) is 20.1. The van der Waals surface area contributed by atoms with Gasteiger partial charge in [-0.05, 0) is 67.6 Å². The van der Waals surface area contributed by atoms with Crippen LogP contribution in [0, 0.1) is 29.5 Å². The standard InChI is InChI=1S/C28H39FO4/c1-19(2)16-20(3)25(30)15-14-23-24(8-6-4-5-7-9-27(31)32)28(17-26(23)33-18-28)21-10-12-22(29)13-11-21/h4,6,10-15,19-20,23-26,30H,5,7-9,16-18H2,1-3H3,(H,31,32)/b6-4-,15-14+/t20?,23-,24-,25-,26-,28-/m0/s1. The van der Waals surface area contributed by atoms with Crippen LogP contribution in [-0.4, -0.2) is 35.0 Å². The van der Waals surface area contributed by atoms with Gasteiger partial charge in [-0.3, -0.25) is 4.79 Å². The Balaban J connectivity index is 1.78. The van der Waals surface area contributed by atoms with Crippen LogP contribution in [-0.2, 0) is 14.9 Å². The van der Waals surface area contributed by atoms with E-state index in [9.17, 15) is 14.3 Å². The molecule has 1 heterocycles. The molecule has 1 saturated carbocycles. The fourth-order valence-electron chi connectivity index (χ4n) is 5.75. The summed E-state index contributed by atoms with van der Waals surface area (Å²) < 4.78 is 19.8. The third-order valence-corrected chi connectivity index (χ3v) is 7.42. The minimum Gasteiger partial charge on any atom is -0.481 e. The maximum absolute atomic E-state index is 13.6. The van der Waals surface area contributed by atoms with Crippen LogP contribution in [0.3, 0.4) is 0 Å². The van der Waals surface area contributed by atoms with Crippen LogP contribution in [0.5, 0.6) is 0 Å². The van der Waals surface area contributed by atoms with E-state index in [-0.39, 0.29) is 41.5 Å². The molecule has 1 aromatic rings. The van der Waals surface area contributed by atoms with Gasteiger partial charge in [0.2, 0.25) is 0 Å². The van der Waals surface area contributed by atoms with Gasteiger partial charge in [-0.2, -0.15) is 0 Å². The monoisotopic (exact) mass is 458 g/mol. The molecule has 2 aliphatic rings. The highest BCUT2D eigenvalue weighted by molar-refractivity contribution is 5.66. The largest absolute Gasteiger partial charge is 0.481 e. The molecule has 1 aromatic carbocycles. The third kappa shape index (κ3) is 6.33. The molecule has 33 heavy (non-hydrogen) atoms. The Morgan fingerprint density at radius 3 is 2.64 bits per heavy atom. The predicted molar refractivity (Wildman–Crippen MR) is 128 cm³/mol. The number of ether oxygens (including phenoxy) is 1. The highest BCUT2D eigenvalue weighted by atomic mass is 19.1. The summed E-state index contributed by atoms with van der Waals surface area (Å²) in [4.78, 5) is 10.7. The van der Waals surface area contributed by atoms with Crippen molar-refractivity contribution in [3.8, 4) is 0 Å². The molecule has 1 aliphatic heterocycles. The quantitative estimate of drug-likeness (QED) is 0.302. The molecule has 0 spiro atoms. The van der Waals surface area contributed by atoms with Crippen LogP contribution >= 0.6 is 0 Å². The summed E-state index contributed by atoms with van der Waals surface area (Å²) in [5.74, 6) is 0.181. The zero-order chi connectivity index (χ0) is 24.0. The highest BCUT2D eigenvalue weighted by Crippen LogP contribution is 2.57. The number of aliphatic hydroxyl groups excluding tert-OH is 1. The first-order chi connectivity index (χ1) is 15.7. The fourth-order valence-corrected chi connectivity index (χ4v) is 5.75. The number of carbonyl (C=O) groups is 1. The van der Waals surface area contributed by atoms with Gasteiger partial charge in [0.15, 0.2) is 0 Å². The first kappa shape index (κ1) is 25.6. The molecule has 0 aromatic heterocycles. The molecule has 1 unspecified atom stereocenters. The Bertz CT molecular complexity index is 831. The van der Waals surface area contributed by atoms with E-state index in [0.717, 1.165) is 31.2 Å². The van der Waals surface area contributed by atoms with Gasteiger partial charge in [0.1, 0.15) is 5.82 Å². The van der Waals surface area contributed by atoms with E-state index in [4.69, 9.17) is 9.84 Å². The third-order valence-electron chi connectivity index (χ3n) is 7.42. The summed E-state index contributed by atoms with van der Waals surface area (Å²) in [6.07, 6.45) is 12.2. The second-order valence-corrected chi connectivity index (χ2v) is 10.4. The Morgan fingerprint density at radius 1 is 1.24 bits per heavy atom. The van der Waals surface area contributed by atoms with Gasteiger partial charge in [0.25, 0.3) is 0 Å². The molecule has 5 heteroatoms. The number of unbranched alkanes of at least 4 members (excludes halogenated alkanes) is 1. The smallest absolute Gasteiger partial charge is 0.303 e. The molecule has 1 aliphatic carbocycles. The lowest BCUT2D eigenvalue weighted by Crippen LogP contribution is -2.39. The van der Waals surface area contributed by atoms with Crippen LogP contribution in [0.15, 0.2) is 48.6 Å². The van der Waals surface area contributed by atoms with Crippen LogP contribution in [0.1, 0.15) is 64.9 Å². The topological polar surface area (TPSA) is 66.8 Å². The summed E-state index contributed by atoms with van der Waals surface area (Å²) >= 11 is 0. The van der Waals surface area contributed by atoms with E-state index in [1.807, 2.05) is 18.2 Å². The summed E-state index contributed by atoms with van der Waals surface area (Å²) in [6, 6.07) is 6.82. The number of carboxylic acids is 1. The van der Waals surface area contributed by atoms with E-state index in [2.05, 4.69) is 39.0 Å². The van der Waals surface area contributed by atoms with E-state index in [0.29, 0.717) is 18.9 Å². The lowest BCUT2D eigenvalue weighted by molar-refractivity contribution is -0.137. The predicted octanol–water partition coefficient (Wildman–Crippen LogP) is 5.90. The van der Waals surface area contributed by atoms with Crippen molar-refractivity contribution in [3.63, 3.8) is 0 Å². The summed E-state index contributed by atoms with van der Waals surface area (Å²) in [6.45, 7) is 7.05. The first-order valence-electron chi connectivity index (χ1n) is 12.3. The van der Waals surface area contributed by atoms with Crippen LogP contribution < -0.4 is 0 Å². The van der Waals surface area contributed by atoms with Gasteiger partial charge in [-0.1, -0.05) is 57.2 Å². The van der Waals surface area contributed by atoms with Crippen molar-refractivity contribution in [1.29, 1.82) is 0 Å². The second-order valence-electron chi connectivity index (χ2n) is 10.4. The average Bonchev–Trinajstić information content (AvgIpc) is 3.32. The molecule has 0 radical (unpaired) electrons. The number of allylic oxidation sites excluding steroid dienone is 2. The van der Waals surface area contributed by atoms with Gasteiger partial charge in [-0.15, -0.1) is 0 Å². The molecule has 6 atom stereocenters. The number of hydrogen-bond acceptors (Lipinski definition) is 3. The molecule has 4 nitrogen and oxygen atoms in total. The van der Waals surface area contributed by atoms with E-state index >= 15 is 0 Å². The van der Waals surface area contributed by atoms with Crippen molar-refractivity contribution < 1.29 is 24.1 Å². The number of aliphatic carboxylic acids is 1. The number of halogens is 1. The van der Waals surface area contributed by atoms with Crippen molar-refractivity contribution >= 4 is 5.97 Å². The molecular weight excluding hydrogens is 419 g/mol. The molecule has 2 bridgehead atoms. The lowest BCUT2D eigenvalue weighted by Gasteiger charge is -2.38. The maximum atomic E-state index is 13.6. The van der Waals surface area contributed by atoms with Crippen LogP contribution in [0.2, 0.25) is 0 Å². The van der Waals surface area contributed by atoms with Crippen LogP contribution in [0.4, 0.5) is 4.39 Å². The Hall–Kier alpha value is -1.98. The van der Waals surface area contributed by atoms with Crippen molar-refractivity contribution in [2.75, 3.05) is 6.61 Å². The first-order valence-corrected chi connectivity index (χ1v) is 12.3. The lowest BCUT2D eigenvalue weighted by atomic mass is 9.69. The summed E-state index contributed by atoms with van der Waals surface area (Å²) in [5, 5.41) is 19.5. The van der Waals surface area contributed by atoms with Gasteiger partial charge in [0, 0.05) is 17.8 Å². The molecule has 1 saturated heterocycles. The van der Waals surface area contributed by atoms with Crippen molar-refractivity contribution in [2.24, 2.45) is 23.7 Å². The minimum atomic E-state index is -0.764. The van der Waals surface area contributed by atoms with Crippen molar-refractivity contribution in [1.82, 2.24) is 0 Å². The molecule has 0 amide bonds. The normalized spacial score (nSPS) is 28.8. The second kappa shape index (κ2) is 11.4. The van der Waals surface area contributed by atoms with Gasteiger partial charge < -0.3 is 14.9 Å². The number of hydrogen-bond donors (Lipinski definition) is 2. The molecule has 2 fully saturated rings. The number of benzene rings is 1.